The van der Waals surface area contributed by atoms with Crippen LogP contribution in [0.2, 0.25) is 0 Å². The van der Waals surface area contributed by atoms with Gasteiger partial charge in [0.25, 0.3) is 0 Å². The zero-order valence-corrected chi connectivity index (χ0v) is 20.8. The third-order valence-electron chi connectivity index (χ3n) is 5.99. The first-order chi connectivity index (χ1) is 17.4. The lowest BCUT2D eigenvalue weighted by Gasteiger charge is -2.29. The Kier molecular flexibility index (Phi) is 8.60. The van der Waals surface area contributed by atoms with Gasteiger partial charge in [-0.1, -0.05) is 0 Å². The molecule has 4 rings (SSSR count). The molecule has 2 atom stereocenters. The first-order valence-electron chi connectivity index (χ1n) is 12.3. The fourth-order valence-electron chi connectivity index (χ4n) is 4.00. The van der Waals surface area contributed by atoms with Gasteiger partial charge in [0.1, 0.15) is 36.9 Å². The van der Waals surface area contributed by atoms with Crippen molar-refractivity contribution >= 4 is 16.7 Å². The van der Waals surface area contributed by atoms with Crippen LogP contribution in [0.4, 0.5) is 5.69 Å². The highest BCUT2D eigenvalue weighted by Crippen LogP contribution is 2.35. The molecule has 1 aliphatic rings. The number of morpholine rings is 1. The highest BCUT2D eigenvalue weighted by atomic mass is 16.5. The van der Waals surface area contributed by atoms with Gasteiger partial charge in [0, 0.05) is 43.9 Å². The molecule has 0 aliphatic carbocycles. The molecular formula is C25H36N6O5. The number of fused-ring (bicyclic) bond motifs is 1. The van der Waals surface area contributed by atoms with E-state index in [0.29, 0.717) is 24.7 Å². The number of ether oxygens (including phenoxy) is 3. The Morgan fingerprint density at radius 1 is 0.972 bits per heavy atom. The maximum Gasteiger partial charge on any atom is 0.160 e. The molecule has 0 bridgehead atoms. The van der Waals surface area contributed by atoms with Crippen molar-refractivity contribution < 1.29 is 24.4 Å². The molecule has 0 spiro atoms. The van der Waals surface area contributed by atoms with Gasteiger partial charge in [-0.3, -0.25) is 0 Å². The van der Waals surface area contributed by atoms with E-state index in [-0.39, 0.29) is 32.3 Å². The van der Waals surface area contributed by atoms with Crippen LogP contribution in [-0.2, 0) is 4.74 Å². The third-order valence-corrected chi connectivity index (χ3v) is 5.99. The smallest absolute Gasteiger partial charge is 0.160 e. The highest BCUT2D eigenvalue weighted by Gasteiger charge is 2.21. The molecule has 1 aromatic carbocycles. The van der Waals surface area contributed by atoms with Crippen LogP contribution in [0, 0.1) is 0 Å². The van der Waals surface area contributed by atoms with E-state index in [1.165, 1.54) is 0 Å². The zero-order chi connectivity index (χ0) is 25.7. The SMILES string of the molecule is CC(C)n1ncc2c(N3CCOCC3)cc(-c3cc(OC[C@H](O)CN)cc(OC[C@H](O)CN)c3)nc21. The molecule has 3 aromatic rings. The summed E-state index contributed by atoms with van der Waals surface area (Å²) in [6, 6.07) is 7.58. The van der Waals surface area contributed by atoms with Crippen LogP contribution in [0.3, 0.4) is 0 Å². The Bertz CT molecular complexity index is 1120. The number of anilines is 1. The number of benzene rings is 1. The molecule has 3 heterocycles. The summed E-state index contributed by atoms with van der Waals surface area (Å²) < 4.78 is 19.1. The van der Waals surface area contributed by atoms with Gasteiger partial charge in [-0.25, -0.2) is 9.67 Å². The molecule has 1 aliphatic heterocycles. The van der Waals surface area contributed by atoms with Crippen molar-refractivity contribution in [3.8, 4) is 22.8 Å². The van der Waals surface area contributed by atoms with Crippen molar-refractivity contribution in [3.05, 3.63) is 30.5 Å². The number of aliphatic hydroxyl groups excluding tert-OH is 2. The number of rotatable bonds is 11. The molecule has 196 valence electrons. The zero-order valence-electron chi connectivity index (χ0n) is 20.8. The predicted molar refractivity (Wildman–Crippen MR) is 137 cm³/mol. The fraction of sp³-hybridized carbons (Fsp3) is 0.520. The third kappa shape index (κ3) is 6.05. The summed E-state index contributed by atoms with van der Waals surface area (Å²) in [4.78, 5) is 7.27. The molecule has 2 aromatic heterocycles. The largest absolute Gasteiger partial charge is 0.491 e. The molecule has 11 nitrogen and oxygen atoms in total. The Morgan fingerprint density at radius 2 is 1.58 bits per heavy atom. The summed E-state index contributed by atoms with van der Waals surface area (Å²) in [6.07, 6.45) is 0.285. The first kappa shape index (κ1) is 26.1. The van der Waals surface area contributed by atoms with E-state index < -0.39 is 12.2 Å². The number of nitrogens with two attached hydrogens (primary N) is 2. The average Bonchev–Trinajstić information content (AvgIpc) is 3.34. The van der Waals surface area contributed by atoms with Crippen LogP contribution in [0.15, 0.2) is 30.5 Å². The molecule has 11 heteroatoms. The van der Waals surface area contributed by atoms with Crippen LogP contribution in [-0.4, -0.2) is 89.8 Å². The summed E-state index contributed by atoms with van der Waals surface area (Å²) in [7, 11) is 0. The number of aromatic nitrogens is 3. The predicted octanol–water partition coefficient (Wildman–Crippen LogP) is 0.913. The van der Waals surface area contributed by atoms with Crippen LogP contribution >= 0.6 is 0 Å². The number of hydrogen-bond acceptors (Lipinski definition) is 10. The van der Waals surface area contributed by atoms with E-state index in [9.17, 15) is 10.2 Å². The lowest BCUT2D eigenvalue weighted by Crippen LogP contribution is -2.36. The molecule has 0 saturated carbocycles. The molecular weight excluding hydrogens is 464 g/mol. The number of aliphatic hydroxyl groups is 2. The monoisotopic (exact) mass is 500 g/mol. The van der Waals surface area contributed by atoms with Crippen molar-refractivity contribution in [1.82, 2.24) is 14.8 Å². The topological polar surface area (TPSA) is 154 Å². The van der Waals surface area contributed by atoms with E-state index in [2.05, 4.69) is 23.8 Å². The molecule has 36 heavy (non-hydrogen) atoms. The highest BCUT2D eigenvalue weighted by molar-refractivity contribution is 5.92. The van der Waals surface area contributed by atoms with Crippen molar-refractivity contribution in [3.63, 3.8) is 0 Å². The molecule has 1 fully saturated rings. The Balaban J connectivity index is 1.79. The van der Waals surface area contributed by atoms with Crippen LogP contribution in [0.25, 0.3) is 22.3 Å². The maximum absolute atomic E-state index is 9.87. The van der Waals surface area contributed by atoms with E-state index in [0.717, 1.165) is 41.1 Å². The van der Waals surface area contributed by atoms with Gasteiger partial charge >= 0.3 is 0 Å². The lowest BCUT2D eigenvalue weighted by atomic mass is 10.1. The standard InChI is InChI=1S/C25H36N6O5/c1-16(2)31-25-22(13-28-31)24(30-3-5-34-6-4-30)10-23(29-25)17-7-20(35-14-18(32)11-26)9-21(8-17)36-15-19(33)12-27/h7-10,13,16,18-19,32-33H,3-6,11-12,14-15,26-27H2,1-2H3/t18-,19-/m1/s1. The van der Waals surface area contributed by atoms with Gasteiger partial charge in [0.2, 0.25) is 0 Å². The second kappa shape index (κ2) is 11.8. The van der Waals surface area contributed by atoms with Gasteiger partial charge in [-0.05, 0) is 32.0 Å². The van der Waals surface area contributed by atoms with Gasteiger partial charge in [-0.2, -0.15) is 5.10 Å². The van der Waals surface area contributed by atoms with E-state index >= 15 is 0 Å². The van der Waals surface area contributed by atoms with Gasteiger partial charge < -0.3 is 40.8 Å². The molecule has 0 radical (unpaired) electrons. The molecule has 0 unspecified atom stereocenters. The Morgan fingerprint density at radius 3 is 2.14 bits per heavy atom. The van der Waals surface area contributed by atoms with Crippen molar-refractivity contribution in [2.24, 2.45) is 11.5 Å². The average molecular weight is 501 g/mol. The second-order valence-electron chi connectivity index (χ2n) is 9.14. The van der Waals surface area contributed by atoms with E-state index in [4.69, 9.17) is 30.7 Å². The summed E-state index contributed by atoms with van der Waals surface area (Å²) in [5.74, 6) is 0.980. The first-order valence-corrected chi connectivity index (χ1v) is 12.3. The van der Waals surface area contributed by atoms with Crippen LogP contribution < -0.4 is 25.8 Å². The van der Waals surface area contributed by atoms with Crippen molar-refractivity contribution in [1.29, 1.82) is 0 Å². The van der Waals surface area contributed by atoms with Gasteiger partial charge in [0.05, 0.1) is 36.2 Å². The van der Waals surface area contributed by atoms with Crippen LogP contribution in [0.1, 0.15) is 19.9 Å². The fourth-order valence-corrected chi connectivity index (χ4v) is 4.00. The van der Waals surface area contributed by atoms with Gasteiger partial charge in [-0.15, -0.1) is 0 Å². The van der Waals surface area contributed by atoms with Crippen molar-refractivity contribution in [2.75, 3.05) is 57.5 Å². The summed E-state index contributed by atoms with van der Waals surface area (Å²) in [5.41, 5.74) is 14.4. The molecule has 1 saturated heterocycles. The van der Waals surface area contributed by atoms with Crippen molar-refractivity contribution in [2.45, 2.75) is 32.1 Å². The quantitative estimate of drug-likeness (QED) is 0.299. The molecule has 6 N–H and O–H groups in total. The Hall–Kier alpha value is -2.96. The maximum atomic E-state index is 9.87. The van der Waals surface area contributed by atoms with E-state index in [1.54, 1.807) is 6.07 Å². The van der Waals surface area contributed by atoms with Crippen LogP contribution in [0.5, 0.6) is 11.5 Å². The Labute approximate surface area is 210 Å². The number of nitrogens with zero attached hydrogens (tertiary/aromatic N) is 4. The minimum atomic E-state index is -0.792. The van der Waals surface area contributed by atoms with Gasteiger partial charge in [0.15, 0.2) is 5.65 Å². The summed E-state index contributed by atoms with van der Waals surface area (Å²) >= 11 is 0. The minimum Gasteiger partial charge on any atom is -0.491 e. The summed E-state index contributed by atoms with van der Waals surface area (Å²) in [5, 5.41) is 25.3. The minimum absolute atomic E-state index is 0.0381. The summed E-state index contributed by atoms with van der Waals surface area (Å²) in [6.45, 7) is 7.26. The molecule has 0 amide bonds. The number of hydrogen-bond donors (Lipinski definition) is 4. The lowest BCUT2D eigenvalue weighted by molar-refractivity contribution is 0.110. The van der Waals surface area contributed by atoms with E-state index in [1.807, 2.05) is 29.1 Å². The number of pyridine rings is 1. The normalized spacial score (nSPS) is 15.9. The second-order valence-corrected chi connectivity index (χ2v) is 9.14.